The summed E-state index contributed by atoms with van der Waals surface area (Å²) < 4.78 is 34.8. The highest BCUT2D eigenvalue weighted by molar-refractivity contribution is 7.47. The Morgan fingerprint density at radius 2 is 1.29 bits per heavy atom. The van der Waals surface area contributed by atoms with E-state index in [-0.39, 0.29) is 19.3 Å². The van der Waals surface area contributed by atoms with Gasteiger partial charge in [-0.05, 0) is 25.7 Å². The number of hydrogen-bond acceptors (Lipinski definition) is 15. The number of hydrogen-bond donors (Lipinski definition) is 9. The van der Waals surface area contributed by atoms with E-state index in [2.05, 4.69) is 6.92 Å². The van der Waals surface area contributed by atoms with Crippen molar-refractivity contribution in [2.45, 2.75) is 235 Å². The van der Waals surface area contributed by atoms with Crippen LogP contribution in [-0.2, 0) is 32.7 Å². The molecule has 1 aliphatic carbocycles. The van der Waals surface area contributed by atoms with E-state index in [4.69, 9.17) is 18.5 Å². The second-order valence-electron chi connectivity index (χ2n) is 17.6. The van der Waals surface area contributed by atoms with Gasteiger partial charge in [-0.3, -0.25) is 18.6 Å². The van der Waals surface area contributed by atoms with E-state index >= 15 is 0 Å². The molecule has 364 valence electrons. The van der Waals surface area contributed by atoms with Crippen molar-refractivity contribution in [3.05, 3.63) is 12.2 Å². The highest BCUT2D eigenvalue weighted by atomic mass is 31.2. The van der Waals surface area contributed by atoms with Gasteiger partial charge >= 0.3 is 19.8 Å². The molecule has 2 bridgehead atoms. The Kier molecular flexibility index (Phi) is 29.4. The first kappa shape index (κ1) is 56.6. The standard InChI is InChI=1S/C45H83O16P/c1-3-5-7-8-9-10-11-12-13-14-15-16-22-26-39(50)60-33-30-58-38(49)25-21-18-17-20-24-34-36(47)29-37(48)35(28-27-32(46)23-19-6-4-2)41(52)43(54)45(44(55)42(53)40(34)51)61-62(56,57)59-31-33/h27-28,32-37,40-48,51-55H,3-26,29-31H2,1-2H3,(H,56,57)/b28-27+/t32-,33+,34-,35-,36-,37+,40+,41+,42-,43+,44+,45+/m0/s1. The van der Waals surface area contributed by atoms with E-state index in [1.165, 1.54) is 63.5 Å². The molecule has 1 saturated heterocycles. The number of aliphatic hydroxyl groups excluding tert-OH is 8. The van der Waals surface area contributed by atoms with Crippen LogP contribution in [0.4, 0.5) is 0 Å². The van der Waals surface area contributed by atoms with Gasteiger partial charge < -0.3 is 55.2 Å². The molecule has 62 heavy (non-hydrogen) atoms. The lowest BCUT2D eigenvalue weighted by atomic mass is 9.82. The monoisotopic (exact) mass is 911 g/mol. The van der Waals surface area contributed by atoms with Gasteiger partial charge in [0.1, 0.15) is 31.0 Å². The van der Waals surface area contributed by atoms with E-state index < -0.39 is 112 Å². The van der Waals surface area contributed by atoms with Crippen LogP contribution >= 0.6 is 7.82 Å². The number of carbonyl (C=O) groups is 2. The maximum absolute atomic E-state index is 13.5. The second-order valence-corrected chi connectivity index (χ2v) is 19.0. The lowest BCUT2D eigenvalue weighted by Crippen LogP contribution is -2.55. The summed E-state index contributed by atoms with van der Waals surface area (Å²) in [5, 5.41) is 90.2. The molecule has 2 rings (SSSR count). The number of carbonyl (C=O) groups excluding carboxylic acids is 2. The highest BCUT2D eigenvalue weighted by Crippen LogP contribution is 2.47. The third kappa shape index (κ3) is 22.6. The van der Waals surface area contributed by atoms with Crippen molar-refractivity contribution in [2.75, 3.05) is 13.2 Å². The zero-order valence-corrected chi connectivity index (χ0v) is 38.4. The Labute approximate surface area is 370 Å². The number of unbranched alkanes of at least 4 members (excludes halogenated alkanes) is 14. The summed E-state index contributed by atoms with van der Waals surface area (Å²) in [5.74, 6) is -3.88. The van der Waals surface area contributed by atoms with Crippen molar-refractivity contribution < 1.29 is 78.4 Å². The fraction of sp³-hybridized carbons (Fsp3) is 0.911. The zero-order chi connectivity index (χ0) is 45.9. The number of fused-ring (bicyclic) bond motifs is 4. The Bertz CT molecular complexity index is 1270. The van der Waals surface area contributed by atoms with E-state index in [0.29, 0.717) is 44.9 Å². The molecule has 1 heterocycles. The van der Waals surface area contributed by atoms with E-state index in [1.54, 1.807) is 0 Å². The van der Waals surface area contributed by atoms with Gasteiger partial charge in [0.25, 0.3) is 0 Å². The number of phosphoric acid groups is 1. The first-order valence-electron chi connectivity index (χ1n) is 23.7. The molecular weight excluding hydrogens is 827 g/mol. The smallest absolute Gasteiger partial charge is 0.462 e. The van der Waals surface area contributed by atoms with Crippen LogP contribution in [0, 0.1) is 11.8 Å². The molecule has 0 spiro atoms. The number of rotatable bonds is 21. The third-order valence-corrected chi connectivity index (χ3v) is 13.2. The minimum absolute atomic E-state index is 0.0119. The summed E-state index contributed by atoms with van der Waals surface area (Å²) in [6.07, 6.45) is 2.71. The first-order chi connectivity index (χ1) is 29.6. The summed E-state index contributed by atoms with van der Waals surface area (Å²) in [6.45, 7) is 2.85. The van der Waals surface area contributed by atoms with Gasteiger partial charge in [0.15, 0.2) is 6.10 Å². The molecule has 13 atom stereocenters. The van der Waals surface area contributed by atoms with Crippen LogP contribution < -0.4 is 0 Å². The molecule has 16 nitrogen and oxygen atoms in total. The van der Waals surface area contributed by atoms with Crippen LogP contribution in [0.2, 0.25) is 0 Å². The molecule has 2 aliphatic rings. The molecule has 17 heteroatoms. The average Bonchev–Trinajstić information content (AvgIpc) is 3.23. The van der Waals surface area contributed by atoms with Gasteiger partial charge in [-0.15, -0.1) is 0 Å². The predicted molar refractivity (Wildman–Crippen MR) is 232 cm³/mol. The molecule has 0 aromatic carbocycles. The number of phosphoric ester groups is 1. The summed E-state index contributed by atoms with van der Waals surface area (Å²) in [7, 11) is -5.42. The molecule has 1 saturated carbocycles. The predicted octanol–water partition coefficient (Wildman–Crippen LogP) is 5.44. The Morgan fingerprint density at radius 1 is 0.726 bits per heavy atom. The SMILES string of the molecule is CCCCCCCCCCCCCCCC(=O)O[C@@H]1COC(=O)CCCCCC[C@@H]2[C@@H](O)[C@H](O)[C@@H](O)[C@H](OP(=O)(O)OC1)[C@H](O)[C@H](O)[C@@H](/C=C/[C@@H](O)CCCCC)[C@H](O)C[C@@H]2O. The average molecular weight is 911 g/mol. The number of ether oxygens (including phenoxy) is 2. The maximum atomic E-state index is 13.5. The minimum Gasteiger partial charge on any atom is -0.462 e. The van der Waals surface area contributed by atoms with E-state index in [9.17, 15) is 59.9 Å². The first-order valence-corrected chi connectivity index (χ1v) is 25.2. The Morgan fingerprint density at radius 3 is 1.92 bits per heavy atom. The van der Waals surface area contributed by atoms with Crippen LogP contribution in [0.5, 0.6) is 0 Å². The fourth-order valence-corrected chi connectivity index (χ4v) is 9.24. The van der Waals surface area contributed by atoms with Gasteiger partial charge in [0.2, 0.25) is 0 Å². The minimum atomic E-state index is -5.42. The summed E-state index contributed by atoms with van der Waals surface area (Å²) >= 11 is 0. The second kappa shape index (κ2) is 32.2. The van der Waals surface area contributed by atoms with Crippen molar-refractivity contribution in [3.63, 3.8) is 0 Å². The molecule has 0 aromatic heterocycles. The molecule has 9 N–H and O–H groups in total. The summed E-state index contributed by atoms with van der Waals surface area (Å²) in [4.78, 5) is 36.4. The lowest BCUT2D eigenvalue weighted by molar-refractivity contribution is -0.167. The van der Waals surface area contributed by atoms with Crippen LogP contribution in [-0.4, -0.2) is 132 Å². The van der Waals surface area contributed by atoms with Gasteiger partial charge in [-0.25, -0.2) is 4.57 Å². The quantitative estimate of drug-likeness (QED) is 0.0300. The molecule has 0 aromatic rings. The highest BCUT2D eigenvalue weighted by Gasteiger charge is 2.49. The molecule has 2 fully saturated rings. The van der Waals surface area contributed by atoms with Crippen LogP contribution in [0.3, 0.4) is 0 Å². The maximum Gasteiger partial charge on any atom is 0.472 e. The topological polar surface area (TPSA) is 270 Å². The largest absolute Gasteiger partial charge is 0.472 e. The molecular formula is C45H83O16P. The van der Waals surface area contributed by atoms with Crippen LogP contribution in [0.1, 0.15) is 174 Å². The van der Waals surface area contributed by atoms with Crippen LogP contribution in [0.15, 0.2) is 12.2 Å². The fourth-order valence-electron chi connectivity index (χ4n) is 8.27. The van der Waals surface area contributed by atoms with Gasteiger partial charge in [-0.1, -0.05) is 142 Å². The lowest BCUT2D eigenvalue weighted by Gasteiger charge is -2.37. The number of esters is 2. The Balaban J connectivity index is 2.23. The Hall–Kier alpha value is -1.53. The third-order valence-electron chi connectivity index (χ3n) is 12.2. The normalized spacial score (nSPS) is 33.3. The van der Waals surface area contributed by atoms with Crippen LogP contribution in [0.25, 0.3) is 0 Å². The van der Waals surface area contributed by atoms with Gasteiger partial charge in [0.05, 0.1) is 37.1 Å². The molecule has 1 aliphatic heterocycles. The molecule has 0 radical (unpaired) electrons. The summed E-state index contributed by atoms with van der Waals surface area (Å²) in [5.41, 5.74) is 0. The van der Waals surface area contributed by atoms with Crippen molar-refractivity contribution in [1.82, 2.24) is 0 Å². The van der Waals surface area contributed by atoms with Crippen molar-refractivity contribution in [2.24, 2.45) is 11.8 Å². The number of cyclic esters (lactones) is 1. The number of aliphatic hydroxyl groups is 8. The molecule has 1 unspecified atom stereocenters. The van der Waals surface area contributed by atoms with E-state index in [0.717, 1.165) is 38.5 Å². The van der Waals surface area contributed by atoms with Crippen molar-refractivity contribution in [1.29, 1.82) is 0 Å². The van der Waals surface area contributed by atoms with Gasteiger partial charge in [-0.2, -0.15) is 0 Å². The summed E-state index contributed by atoms with van der Waals surface area (Å²) in [6, 6.07) is 0. The van der Waals surface area contributed by atoms with Crippen molar-refractivity contribution in [3.8, 4) is 0 Å². The molecule has 0 amide bonds. The van der Waals surface area contributed by atoms with E-state index in [1.807, 2.05) is 6.92 Å². The van der Waals surface area contributed by atoms with Crippen molar-refractivity contribution >= 4 is 19.8 Å². The zero-order valence-electron chi connectivity index (χ0n) is 37.5. The van der Waals surface area contributed by atoms with Gasteiger partial charge in [0, 0.05) is 31.1 Å².